The second-order valence-electron chi connectivity index (χ2n) is 21.0. The van der Waals surface area contributed by atoms with Gasteiger partial charge in [-0.25, -0.2) is 0 Å². The van der Waals surface area contributed by atoms with Gasteiger partial charge in [-0.15, -0.1) is 0 Å². The standard InChI is InChI=1S/C66H118O6/c1-4-7-10-13-16-19-22-25-28-31-33-35-38-41-44-47-50-53-56-59-65(68)71-62-63(61-70-64(67)58-55-52-49-46-43-40-37-30-27-24-21-18-15-12-9-6-3)72-66(69)60-57-54-51-48-45-42-39-36-34-32-29-26-23-20-17-14-11-8-5-2/h16-17,19-20,25-26,28-30,37,63H,4-15,18,21-24,27,31-36,38-62H2,1-3H3/b19-16-,20-17-,28-25-,29-26-,37-30-. The highest BCUT2D eigenvalue weighted by Crippen LogP contribution is 2.16. The Labute approximate surface area is 447 Å². The van der Waals surface area contributed by atoms with Gasteiger partial charge in [0.25, 0.3) is 0 Å². The highest BCUT2D eigenvalue weighted by atomic mass is 16.6. The number of ether oxygens (including phenoxy) is 3. The quantitative estimate of drug-likeness (QED) is 0.0261. The molecule has 0 spiro atoms. The third-order valence-corrected chi connectivity index (χ3v) is 13.7. The lowest BCUT2D eigenvalue weighted by Crippen LogP contribution is -2.30. The van der Waals surface area contributed by atoms with Gasteiger partial charge >= 0.3 is 17.9 Å². The summed E-state index contributed by atoms with van der Waals surface area (Å²) in [4.78, 5) is 38.3. The first-order valence-corrected chi connectivity index (χ1v) is 31.3. The summed E-state index contributed by atoms with van der Waals surface area (Å²) in [5.41, 5.74) is 0. The molecule has 0 aromatic rings. The molecule has 0 rings (SSSR count). The van der Waals surface area contributed by atoms with Crippen molar-refractivity contribution in [1.29, 1.82) is 0 Å². The van der Waals surface area contributed by atoms with E-state index in [0.717, 1.165) is 77.0 Å². The Bertz CT molecular complexity index is 1290. The van der Waals surface area contributed by atoms with E-state index in [1.807, 2.05) is 0 Å². The van der Waals surface area contributed by atoms with Crippen LogP contribution in [0.5, 0.6) is 0 Å². The number of unbranched alkanes of at least 4 members (excludes halogenated alkanes) is 36. The van der Waals surface area contributed by atoms with Crippen molar-refractivity contribution >= 4 is 17.9 Å². The first kappa shape index (κ1) is 69.1. The fourth-order valence-corrected chi connectivity index (χ4v) is 8.97. The zero-order chi connectivity index (χ0) is 52.2. The van der Waals surface area contributed by atoms with Crippen molar-refractivity contribution in [1.82, 2.24) is 0 Å². The van der Waals surface area contributed by atoms with Crippen molar-refractivity contribution in [3.05, 3.63) is 60.8 Å². The molecule has 0 aliphatic heterocycles. The Morgan fingerprint density at radius 1 is 0.278 bits per heavy atom. The van der Waals surface area contributed by atoms with E-state index < -0.39 is 6.10 Å². The molecule has 0 amide bonds. The topological polar surface area (TPSA) is 78.9 Å². The maximum atomic E-state index is 12.9. The van der Waals surface area contributed by atoms with Gasteiger partial charge in [0.05, 0.1) is 0 Å². The molecule has 0 fully saturated rings. The van der Waals surface area contributed by atoms with Crippen molar-refractivity contribution in [3.8, 4) is 0 Å². The fourth-order valence-electron chi connectivity index (χ4n) is 8.97. The van der Waals surface area contributed by atoms with E-state index in [1.165, 1.54) is 205 Å². The Hall–Kier alpha value is -2.89. The summed E-state index contributed by atoms with van der Waals surface area (Å²) < 4.78 is 16.9. The molecule has 0 aliphatic rings. The van der Waals surface area contributed by atoms with Crippen LogP contribution in [0.1, 0.15) is 323 Å². The number of carbonyl (C=O) groups is 3. The summed E-state index contributed by atoms with van der Waals surface area (Å²) in [6, 6.07) is 0. The highest BCUT2D eigenvalue weighted by molar-refractivity contribution is 5.71. The molecule has 0 radical (unpaired) electrons. The van der Waals surface area contributed by atoms with Crippen molar-refractivity contribution < 1.29 is 28.6 Å². The van der Waals surface area contributed by atoms with E-state index in [1.54, 1.807) is 0 Å². The Morgan fingerprint density at radius 2 is 0.500 bits per heavy atom. The number of hydrogen-bond acceptors (Lipinski definition) is 6. The van der Waals surface area contributed by atoms with Gasteiger partial charge < -0.3 is 14.2 Å². The first-order chi connectivity index (χ1) is 35.5. The zero-order valence-corrected chi connectivity index (χ0v) is 47.9. The first-order valence-electron chi connectivity index (χ1n) is 31.3. The predicted octanol–water partition coefficient (Wildman–Crippen LogP) is 21.2. The normalized spacial score (nSPS) is 12.4. The molecule has 72 heavy (non-hydrogen) atoms. The summed E-state index contributed by atoms with van der Waals surface area (Å²) in [7, 11) is 0. The van der Waals surface area contributed by atoms with Crippen molar-refractivity contribution in [2.75, 3.05) is 13.2 Å². The Morgan fingerprint density at radius 3 is 0.806 bits per heavy atom. The molecular weight excluding hydrogens is 889 g/mol. The lowest BCUT2D eigenvalue weighted by Gasteiger charge is -2.18. The molecule has 6 heteroatoms. The van der Waals surface area contributed by atoms with E-state index in [0.29, 0.717) is 19.3 Å². The number of allylic oxidation sites excluding steroid dienone is 10. The van der Waals surface area contributed by atoms with E-state index in [2.05, 4.69) is 81.5 Å². The van der Waals surface area contributed by atoms with E-state index in [-0.39, 0.29) is 31.1 Å². The van der Waals surface area contributed by atoms with E-state index in [4.69, 9.17) is 14.2 Å². The molecule has 1 atom stereocenters. The van der Waals surface area contributed by atoms with Crippen LogP contribution >= 0.6 is 0 Å². The van der Waals surface area contributed by atoms with Crippen LogP contribution in [0.25, 0.3) is 0 Å². The maximum absolute atomic E-state index is 12.9. The number of hydrogen-bond donors (Lipinski definition) is 0. The zero-order valence-electron chi connectivity index (χ0n) is 47.9. The summed E-state index contributed by atoms with van der Waals surface area (Å²) in [6.45, 7) is 6.61. The van der Waals surface area contributed by atoms with Crippen LogP contribution in [-0.4, -0.2) is 37.2 Å². The molecule has 0 saturated heterocycles. The van der Waals surface area contributed by atoms with Gasteiger partial charge in [0.1, 0.15) is 13.2 Å². The molecule has 0 heterocycles. The molecule has 0 aromatic carbocycles. The lowest BCUT2D eigenvalue weighted by atomic mass is 10.1. The molecule has 0 aromatic heterocycles. The van der Waals surface area contributed by atoms with Crippen LogP contribution < -0.4 is 0 Å². The van der Waals surface area contributed by atoms with Crippen LogP contribution in [-0.2, 0) is 28.6 Å². The molecule has 0 aliphatic carbocycles. The number of carbonyl (C=O) groups excluding carboxylic acids is 3. The van der Waals surface area contributed by atoms with Crippen LogP contribution in [0, 0.1) is 0 Å². The Kier molecular flexibility index (Phi) is 58.2. The summed E-state index contributed by atoms with van der Waals surface area (Å²) >= 11 is 0. The molecule has 0 bridgehead atoms. The fraction of sp³-hybridized carbons (Fsp3) is 0.803. The smallest absolute Gasteiger partial charge is 0.306 e. The van der Waals surface area contributed by atoms with E-state index >= 15 is 0 Å². The molecule has 1 unspecified atom stereocenters. The molecule has 0 saturated carbocycles. The van der Waals surface area contributed by atoms with Crippen molar-refractivity contribution in [2.24, 2.45) is 0 Å². The monoisotopic (exact) mass is 1010 g/mol. The van der Waals surface area contributed by atoms with Crippen LogP contribution in [0.3, 0.4) is 0 Å². The second-order valence-corrected chi connectivity index (χ2v) is 21.0. The van der Waals surface area contributed by atoms with Crippen molar-refractivity contribution in [2.45, 2.75) is 329 Å². The van der Waals surface area contributed by atoms with Gasteiger partial charge in [-0.1, -0.05) is 255 Å². The van der Waals surface area contributed by atoms with Crippen LogP contribution in [0.2, 0.25) is 0 Å². The average molecular weight is 1010 g/mol. The third-order valence-electron chi connectivity index (χ3n) is 13.7. The summed E-state index contributed by atoms with van der Waals surface area (Å²) in [6.07, 6.45) is 76.4. The van der Waals surface area contributed by atoms with Gasteiger partial charge in [0.15, 0.2) is 6.10 Å². The number of esters is 3. The van der Waals surface area contributed by atoms with E-state index in [9.17, 15) is 14.4 Å². The molecule has 418 valence electrons. The number of rotatable bonds is 57. The molecule has 6 nitrogen and oxygen atoms in total. The van der Waals surface area contributed by atoms with Crippen LogP contribution in [0.15, 0.2) is 60.8 Å². The van der Waals surface area contributed by atoms with Gasteiger partial charge in [-0.2, -0.15) is 0 Å². The minimum absolute atomic E-state index is 0.0792. The van der Waals surface area contributed by atoms with Crippen molar-refractivity contribution in [3.63, 3.8) is 0 Å². The third kappa shape index (κ3) is 58.0. The minimum atomic E-state index is -0.782. The molecular formula is C66H118O6. The van der Waals surface area contributed by atoms with Gasteiger partial charge in [0, 0.05) is 19.3 Å². The Balaban J connectivity index is 4.38. The van der Waals surface area contributed by atoms with Crippen LogP contribution in [0.4, 0.5) is 0 Å². The largest absolute Gasteiger partial charge is 0.462 e. The average Bonchev–Trinajstić information content (AvgIpc) is 3.38. The minimum Gasteiger partial charge on any atom is -0.462 e. The van der Waals surface area contributed by atoms with Gasteiger partial charge in [-0.3, -0.25) is 14.4 Å². The summed E-state index contributed by atoms with van der Waals surface area (Å²) in [5.74, 6) is -0.880. The van der Waals surface area contributed by atoms with Gasteiger partial charge in [-0.05, 0) is 109 Å². The molecule has 0 N–H and O–H groups in total. The maximum Gasteiger partial charge on any atom is 0.306 e. The second kappa shape index (κ2) is 60.7. The highest BCUT2D eigenvalue weighted by Gasteiger charge is 2.19. The SMILES string of the molecule is CCCCC/C=C\C/C=C\CCCCCCCCCCCC(=O)OCC(COC(=O)CCCCCCC/C=C\CCCCCCCCC)OC(=O)CCCCCCCCCCC/C=C\C/C=C\CCCCC. The lowest BCUT2D eigenvalue weighted by molar-refractivity contribution is -0.167. The van der Waals surface area contributed by atoms with Gasteiger partial charge in [0.2, 0.25) is 0 Å². The predicted molar refractivity (Wildman–Crippen MR) is 312 cm³/mol. The summed E-state index contributed by atoms with van der Waals surface area (Å²) in [5, 5.41) is 0.